The van der Waals surface area contributed by atoms with Crippen molar-refractivity contribution in [3.05, 3.63) is 121 Å². The van der Waals surface area contributed by atoms with Gasteiger partial charge < -0.3 is 10.0 Å². The Morgan fingerprint density at radius 3 is 1.88 bits per heavy atom. The first-order chi connectivity index (χ1) is 23.5. The molecule has 9 rings (SSSR count). The number of thiazole rings is 2. The summed E-state index contributed by atoms with van der Waals surface area (Å²) in [4.78, 5) is 12.2. The average molecular weight is 658 g/mol. The lowest BCUT2D eigenvalue weighted by atomic mass is 10.0. The molecule has 0 saturated heterocycles. The fourth-order valence-electron chi connectivity index (χ4n) is 6.26. The van der Waals surface area contributed by atoms with Crippen LogP contribution in [0.5, 0.6) is 5.75 Å². The van der Waals surface area contributed by atoms with Crippen LogP contribution in [0.3, 0.4) is 0 Å². The number of hydrogen-bond donors (Lipinski definition) is 1. The number of rotatable bonds is 5. The zero-order chi connectivity index (χ0) is 32.4. The molecule has 230 valence electrons. The second-order valence-electron chi connectivity index (χ2n) is 12.0. The van der Waals surface area contributed by atoms with Crippen LogP contribution in [0, 0.1) is 0 Å². The highest BCUT2D eigenvalue weighted by molar-refractivity contribution is 7.22. The van der Waals surface area contributed by atoms with E-state index >= 15 is 0 Å². The fourth-order valence-corrected chi connectivity index (χ4v) is 8.24. The molecule has 7 aromatic carbocycles. The molecule has 2 heterocycles. The van der Waals surface area contributed by atoms with E-state index in [2.05, 4.69) is 83.0 Å². The van der Waals surface area contributed by atoms with Crippen LogP contribution in [0.25, 0.3) is 73.9 Å². The smallest absolute Gasteiger partial charge is 0.154 e. The van der Waals surface area contributed by atoms with Gasteiger partial charge in [0.15, 0.2) is 5.75 Å². The van der Waals surface area contributed by atoms with Gasteiger partial charge in [-0.2, -0.15) is 5.11 Å². The number of fused-ring (bicyclic) bond motifs is 7. The Balaban J connectivity index is 1.23. The molecule has 0 bridgehead atoms. The molecule has 8 heteroatoms. The number of phenols is 1. The van der Waals surface area contributed by atoms with E-state index in [1.807, 2.05) is 67.5 Å². The van der Waals surface area contributed by atoms with E-state index in [9.17, 15) is 5.11 Å². The van der Waals surface area contributed by atoms with Crippen molar-refractivity contribution in [3.63, 3.8) is 0 Å². The van der Waals surface area contributed by atoms with Crippen molar-refractivity contribution < 1.29 is 5.11 Å². The molecule has 0 aliphatic heterocycles. The van der Waals surface area contributed by atoms with Crippen LogP contribution in [0.4, 0.5) is 17.1 Å². The second kappa shape index (κ2) is 11.2. The van der Waals surface area contributed by atoms with E-state index in [0.29, 0.717) is 16.9 Å². The van der Waals surface area contributed by atoms with Crippen LogP contribution >= 0.6 is 22.7 Å². The first kappa shape index (κ1) is 28.5. The van der Waals surface area contributed by atoms with Crippen molar-refractivity contribution >= 4 is 92.5 Å². The molecule has 0 spiro atoms. The van der Waals surface area contributed by atoms with E-state index in [4.69, 9.17) is 9.97 Å². The predicted molar refractivity (Wildman–Crippen MR) is 203 cm³/mol. The van der Waals surface area contributed by atoms with Gasteiger partial charge >= 0.3 is 0 Å². The van der Waals surface area contributed by atoms with Crippen molar-refractivity contribution in [2.24, 2.45) is 10.2 Å². The van der Waals surface area contributed by atoms with Crippen molar-refractivity contribution in [2.45, 2.75) is 0 Å². The molecular weight excluding hydrogens is 631 g/mol. The highest BCUT2D eigenvalue weighted by Crippen LogP contribution is 2.47. The molecule has 0 atom stereocenters. The molecular formula is C40H27N5OS2. The minimum Gasteiger partial charge on any atom is -0.505 e. The van der Waals surface area contributed by atoms with Gasteiger partial charge in [-0.3, -0.25) is 0 Å². The van der Waals surface area contributed by atoms with Gasteiger partial charge in [0.2, 0.25) is 0 Å². The summed E-state index contributed by atoms with van der Waals surface area (Å²) in [5.41, 5.74) is 5.73. The third-order valence-corrected chi connectivity index (χ3v) is 10.9. The number of aromatic hydroxyl groups is 1. The lowest BCUT2D eigenvalue weighted by Crippen LogP contribution is -2.07. The maximum Gasteiger partial charge on any atom is 0.154 e. The number of phenolic OH excluding ortho intramolecular Hbond substituents is 1. The number of benzene rings is 7. The van der Waals surface area contributed by atoms with Gasteiger partial charge in [-0.25, -0.2) is 9.97 Å². The molecule has 6 nitrogen and oxygen atoms in total. The van der Waals surface area contributed by atoms with Crippen molar-refractivity contribution in [1.29, 1.82) is 0 Å². The van der Waals surface area contributed by atoms with E-state index < -0.39 is 0 Å². The van der Waals surface area contributed by atoms with E-state index in [-0.39, 0.29) is 5.75 Å². The summed E-state index contributed by atoms with van der Waals surface area (Å²) in [6, 6.07) is 41.2. The molecule has 0 fully saturated rings. The van der Waals surface area contributed by atoms with E-state index in [1.54, 1.807) is 22.7 Å². The molecule has 0 aliphatic rings. The minimum absolute atomic E-state index is 0.0544. The van der Waals surface area contributed by atoms with Gasteiger partial charge in [-0.05, 0) is 64.7 Å². The molecule has 0 radical (unpaired) electrons. The lowest BCUT2D eigenvalue weighted by molar-refractivity contribution is 0.479. The zero-order valence-corrected chi connectivity index (χ0v) is 27.7. The third kappa shape index (κ3) is 4.76. The van der Waals surface area contributed by atoms with Gasteiger partial charge in [-0.15, -0.1) is 27.8 Å². The minimum atomic E-state index is 0.0544. The maximum atomic E-state index is 11.9. The van der Waals surface area contributed by atoms with Crippen LogP contribution in [0.1, 0.15) is 0 Å². The van der Waals surface area contributed by atoms with Gasteiger partial charge in [0.25, 0.3) is 0 Å². The number of aromatic nitrogens is 2. The third-order valence-electron chi connectivity index (χ3n) is 8.76. The average Bonchev–Trinajstić information content (AvgIpc) is 3.77. The SMILES string of the molecule is CN(C)c1ccc(N=Nc2c(O)c(-c3nc4c(ccc5ccccc54)s3)cc3cc(-c4nc5c(ccc6ccccc65)s4)ccc23)cc1. The molecule has 48 heavy (non-hydrogen) atoms. The van der Waals surface area contributed by atoms with Crippen LogP contribution in [-0.2, 0) is 0 Å². The molecule has 1 N–H and O–H groups in total. The first-order valence-corrected chi connectivity index (χ1v) is 17.2. The van der Waals surface area contributed by atoms with Crippen molar-refractivity contribution in [1.82, 2.24) is 9.97 Å². The molecule has 2 aromatic heterocycles. The van der Waals surface area contributed by atoms with Crippen LogP contribution in [-0.4, -0.2) is 29.2 Å². The number of anilines is 1. The quantitative estimate of drug-likeness (QED) is 0.187. The molecule has 0 aliphatic carbocycles. The first-order valence-electron chi connectivity index (χ1n) is 15.6. The Bertz CT molecular complexity index is 2730. The Kier molecular flexibility index (Phi) is 6.67. The van der Waals surface area contributed by atoms with Crippen molar-refractivity contribution in [2.75, 3.05) is 19.0 Å². The topological polar surface area (TPSA) is 74.0 Å². The second-order valence-corrected chi connectivity index (χ2v) is 14.0. The number of azo groups is 1. The summed E-state index contributed by atoms with van der Waals surface area (Å²) < 4.78 is 2.20. The largest absolute Gasteiger partial charge is 0.505 e. The van der Waals surface area contributed by atoms with E-state index in [1.165, 1.54) is 5.39 Å². The Morgan fingerprint density at radius 2 is 1.21 bits per heavy atom. The Hall–Kier alpha value is -5.70. The van der Waals surface area contributed by atoms with Crippen LogP contribution in [0.15, 0.2) is 132 Å². The number of hydrogen-bond acceptors (Lipinski definition) is 8. The van der Waals surface area contributed by atoms with Gasteiger partial charge in [0.05, 0.1) is 31.7 Å². The number of nitrogens with zero attached hydrogens (tertiary/aromatic N) is 5. The Labute approximate surface area is 283 Å². The van der Waals surface area contributed by atoms with Crippen LogP contribution in [0.2, 0.25) is 0 Å². The summed E-state index contributed by atoms with van der Waals surface area (Å²) in [5, 5.41) is 29.0. The summed E-state index contributed by atoms with van der Waals surface area (Å²) in [5.74, 6) is 0.0544. The summed E-state index contributed by atoms with van der Waals surface area (Å²) in [6.07, 6.45) is 0. The highest BCUT2D eigenvalue weighted by Gasteiger charge is 2.20. The van der Waals surface area contributed by atoms with Gasteiger partial charge in [0, 0.05) is 41.5 Å². The summed E-state index contributed by atoms with van der Waals surface area (Å²) in [6.45, 7) is 0. The molecule has 9 aromatic rings. The fraction of sp³-hybridized carbons (Fsp3) is 0.0500. The molecule has 0 amide bonds. The van der Waals surface area contributed by atoms with E-state index in [0.717, 1.165) is 68.6 Å². The zero-order valence-electron chi connectivity index (χ0n) is 26.0. The normalized spacial score (nSPS) is 12.0. The standard InChI is InChI=1S/C40H27N5OS2/c1-45(2)28-16-14-27(15-17-28)43-44-37-31-18-11-25(39-41-35-29-9-5-3-7-23(29)12-19-33(35)47-39)21-26(31)22-32(38(37)46)40-42-36-30-10-6-4-8-24(30)13-20-34(36)48-40/h3-22,46H,1-2H3. The maximum absolute atomic E-state index is 11.9. The van der Waals surface area contributed by atoms with Crippen LogP contribution < -0.4 is 4.90 Å². The summed E-state index contributed by atoms with van der Waals surface area (Å²) >= 11 is 3.24. The monoisotopic (exact) mass is 657 g/mol. The predicted octanol–water partition coefficient (Wildman–Crippen LogP) is 11.9. The lowest BCUT2D eigenvalue weighted by Gasteiger charge is -2.12. The van der Waals surface area contributed by atoms with Crippen molar-refractivity contribution in [3.8, 4) is 26.9 Å². The highest BCUT2D eigenvalue weighted by atomic mass is 32.1. The molecule has 0 unspecified atom stereocenters. The van der Waals surface area contributed by atoms with Gasteiger partial charge in [-0.1, -0.05) is 72.8 Å². The van der Waals surface area contributed by atoms with Gasteiger partial charge in [0.1, 0.15) is 15.7 Å². The molecule has 0 saturated carbocycles. The Morgan fingerprint density at radius 1 is 0.583 bits per heavy atom. The summed E-state index contributed by atoms with van der Waals surface area (Å²) in [7, 11) is 4.00.